The van der Waals surface area contributed by atoms with Crippen molar-refractivity contribution in [3.63, 3.8) is 0 Å². The van der Waals surface area contributed by atoms with Gasteiger partial charge in [-0.25, -0.2) is 0 Å². The summed E-state index contributed by atoms with van der Waals surface area (Å²) in [5, 5.41) is 0. The average Bonchev–Trinajstić information content (AvgIpc) is 3.32. The predicted octanol–water partition coefficient (Wildman–Crippen LogP) is 4.67. The predicted molar refractivity (Wildman–Crippen MR) is 122 cm³/mol. The van der Waals surface area contributed by atoms with Crippen molar-refractivity contribution in [1.29, 1.82) is 0 Å². The zero-order valence-electron chi connectivity index (χ0n) is 17.6. The van der Waals surface area contributed by atoms with Gasteiger partial charge in [0.1, 0.15) is 5.66 Å². The van der Waals surface area contributed by atoms with E-state index >= 15 is 0 Å². The average molecular weight is 437 g/mol. The van der Waals surface area contributed by atoms with Crippen molar-refractivity contribution >= 4 is 30.6 Å². The fourth-order valence-corrected chi connectivity index (χ4v) is 8.77. The van der Waals surface area contributed by atoms with Gasteiger partial charge in [-0.05, 0) is 37.1 Å². The molecule has 0 bridgehead atoms. The molecule has 1 aliphatic carbocycles. The van der Waals surface area contributed by atoms with Crippen LogP contribution in [0.25, 0.3) is 0 Å². The first-order valence-electron chi connectivity index (χ1n) is 11.2. The van der Waals surface area contributed by atoms with E-state index in [4.69, 9.17) is 0 Å². The van der Waals surface area contributed by atoms with E-state index in [9.17, 15) is 14.2 Å². The second-order valence-corrected chi connectivity index (χ2v) is 11.4. The Kier molecular flexibility index (Phi) is 5.35. The number of nitrogens with zero attached hydrogens (tertiary/aromatic N) is 3. The minimum absolute atomic E-state index is 0.0271. The highest BCUT2D eigenvalue weighted by atomic mass is 31.2. The van der Waals surface area contributed by atoms with Gasteiger partial charge >= 0.3 is 0 Å². The number of hydrogen-bond acceptors (Lipinski definition) is 3. The molecule has 2 amide bonds. The lowest BCUT2D eigenvalue weighted by Gasteiger charge is -2.36. The standard InChI is InChI=1S/C24H28N3O3P/c28-23-18-22(24(29)27(23)21-14-8-3-9-15-21)31(30)25(19-10-4-1-5-11-19)16-17-26(31)20-12-6-2-7-13-20/h1-2,4-7,10-13,21-22H,3,8-9,14-18H2. The summed E-state index contributed by atoms with van der Waals surface area (Å²) in [6.45, 7) is 1.11. The zero-order valence-corrected chi connectivity index (χ0v) is 18.5. The maximum Gasteiger partial charge on any atom is 0.275 e. The number of anilines is 2. The Hall–Kier alpha value is -2.59. The second kappa shape index (κ2) is 8.16. The van der Waals surface area contributed by atoms with Gasteiger partial charge in [0, 0.05) is 36.9 Å². The third-order valence-electron chi connectivity index (χ3n) is 6.83. The van der Waals surface area contributed by atoms with Crippen molar-refractivity contribution in [3.8, 4) is 0 Å². The summed E-state index contributed by atoms with van der Waals surface area (Å²) in [5.74, 6) is -0.408. The van der Waals surface area contributed by atoms with Gasteiger partial charge in [-0.1, -0.05) is 55.7 Å². The van der Waals surface area contributed by atoms with Gasteiger partial charge in [0.15, 0.2) is 0 Å². The number of benzene rings is 2. The fourth-order valence-electron chi connectivity index (χ4n) is 5.35. The number of likely N-dealkylation sites (tertiary alicyclic amines) is 1. The highest BCUT2D eigenvalue weighted by Gasteiger charge is 2.58. The molecule has 0 radical (unpaired) electrons. The Labute approximate surface area is 183 Å². The van der Waals surface area contributed by atoms with E-state index in [0.29, 0.717) is 13.1 Å². The Morgan fingerprint density at radius 1 is 0.742 bits per heavy atom. The minimum Gasteiger partial charge on any atom is -0.304 e. The summed E-state index contributed by atoms with van der Waals surface area (Å²) in [7, 11) is -3.41. The largest absolute Gasteiger partial charge is 0.304 e. The van der Waals surface area contributed by atoms with Crippen molar-refractivity contribution < 1.29 is 14.2 Å². The molecule has 3 aliphatic rings. The van der Waals surface area contributed by atoms with Crippen LogP contribution < -0.4 is 9.34 Å². The molecule has 1 unspecified atom stereocenters. The Morgan fingerprint density at radius 3 is 1.77 bits per heavy atom. The third-order valence-corrected chi connectivity index (χ3v) is 10.3. The highest BCUT2D eigenvalue weighted by molar-refractivity contribution is 7.69. The number of imide groups is 1. The number of para-hydroxylation sites is 2. The molecule has 1 saturated carbocycles. The van der Waals surface area contributed by atoms with Gasteiger partial charge in [-0.2, -0.15) is 0 Å². The second-order valence-electron chi connectivity index (χ2n) is 8.62. The van der Waals surface area contributed by atoms with Crippen molar-refractivity contribution in [2.45, 2.75) is 50.2 Å². The topological polar surface area (TPSA) is 60.9 Å². The van der Waals surface area contributed by atoms with Gasteiger partial charge in [-0.15, -0.1) is 0 Å². The van der Waals surface area contributed by atoms with E-state index < -0.39 is 13.1 Å². The van der Waals surface area contributed by atoms with Crippen LogP contribution >= 0.6 is 7.44 Å². The smallest absolute Gasteiger partial charge is 0.275 e. The van der Waals surface area contributed by atoms with Crippen LogP contribution in [0.15, 0.2) is 60.7 Å². The van der Waals surface area contributed by atoms with Crippen LogP contribution in [0.4, 0.5) is 11.4 Å². The molecule has 0 spiro atoms. The Morgan fingerprint density at radius 2 is 1.26 bits per heavy atom. The van der Waals surface area contributed by atoms with Crippen LogP contribution in [0.1, 0.15) is 38.5 Å². The molecule has 1 atom stereocenters. The highest BCUT2D eigenvalue weighted by Crippen LogP contribution is 2.65. The zero-order chi connectivity index (χ0) is 21.4. The lowest BCUT2D eigenvalue weighted by atomic mass is 9.94. The van der Waals surface area contributed by atoms with Crippen LogP contribution in [0, 0.1) is 0 Å². The number of carbonyl (C=O) groups excluding carboxylic acids is 2. The molecule has 2 aliphatic heterocycles. The summed E-state index contributed by atoms with van der Waals surface area (Å²) in [6.07, 6.45) is 4.97. The molecule has 2 heterocycles. The first-order valence-corrected chi connectivity index (χ1v) is 12.9. The molecule has 6 nitrogen and oxygen atoms in total. The van der Waals surface area contributed by atoms with Gasteiger partial charge < -0.3 is 9.34 Å². The third kappa shape index (κ3) is 3.38. The van der Waals surface area contributed by atoms with E-state index in [-0.39, 0.29) is 24.3 Å². The molecule has 2 aromatic rings. The monoisotopic (exact) mass is 437 g/mol. The van der Waals surface area contributed by atoms with E-state index in [1.165, 1.54) is 4.90 Å². The summed E-state index contributed by atoms with van der Waals surface area (Å²) in [6, 6.07) is 19.2. The number of rotatable bonds is 4. The Bertz CT molecular complexity index is 956. The van der Waals surface area contributed by atoms with Gasteiger partial charge in [0.05, 0.1) is 0 Å². The molecule has 0 aromatic heterocycles. The van der Waals surface area contributed by atoms with Crippen molar-refractivity contribution in [2.75, 3.05) is 22.4 Å². The van der Waals surface area contributed by atoms with Gasteiger partial charge in [-0.3, -0.25) is 19.1 Å². The van der Waals surface area contributed by atoms with Crippen LogP contribution in [0.3, 0.4) is 0 Å². The molecule has 3 fully saturated rings. The fraction of sp³-hybridized carbons (Fsp3) is 0.417. The first-order chi connectivity index (χ1) is 15.1. The van der Waals surface area contributed by atoms with Crippen molar-refractivity contribution in [1.82, 2.24) is 4.90 Å². The SMILES string of the molecule is O=C1CC(P2(=O)N(c3ccccc3)CCN2c2ccccc2)C(=O)N1C1CCCCC1. The van der Waals surface area contributed by atoms with Crippen molar-refractivity contribution in [2.24, 2.45) is 0 Å². The quantitative estimate of drug-likeness (QED) is 0.514. The van der Waals surface area contributed by atoms with E-state index in [1.54, 1.807) is 0 Å². The number of carbonyl (C=O) groups is 2. The summed E-state index contributed by atoms with van der Waals surface area (Å²) in [4.78, 5) is 28.1. The van der Waals surface area contributed by atoms with E-state index in [2.05, 4.69) is 0 Å². The lowest BCUT2D eigenvalue weighted by molar-refractivity contribution is -0.141. The van der Waals surface area contributed by atoms with E-state index in [1.807, 2.05) is 70.0 Å². The molecule has 0 N–H and O–H groups in total. The molecular weight excluding hydrogens is 409 g/mol. The normalized spacial score (nSPS) is 24.3. The van der Waals surface area contributed by atoms with Crippen molar-refractivity contribution in [3.05, 3.63) is 60.7 Å². The molecule has 162 valence electrons. The molecule has 2 saturated heterocycles. The molecule has 2 aromatic carbocycles. The summed E-state index contributed by atoms with van der Waals surface area (Å²) < 4.78 is 18.7. The number of hydrogen-bond donors (Lipinski definition) is 0. The van der Waals surface area contributed by atoms with Gasteiger partial charge in [0.2, 0.25) is 11.8 Å². The van der Waals surface area contributed by atoms with Crippen LogP contribution in [-0.2, 0) is 14.2 Å². The minimum atomic E-state index is -3.41. The summed E-state index contributed by atoms with van der Waals surface area (Å²) >= 11 is 0. The maximum absolute atomic E-state index is 14.9. The lowest BCUT2D eigenvalue weighted by Crippen LogP contribution is -2.43. The molecular formula is C24H28N3O3P. The Balaban J connectivity index is 1.55. The van der Waals surface area contributed by atoms with E-state index in [0.717, 1.165) is 43.5 Å². The van der Waals surface area contributed by atoms with Gasteiger partial charge in [0.25, 0.3) is 7.44 Å². The molecule has 31 heavy (non-hydrogen) atoms. The molecule has 7 heteroatoms. The van der Waals surface area contributed by atoms with Crippen LogP contribution in [0.2, 0.25) is 0 Å². The number of amides is 2. The first kappa shape index (κ1) is 20.3. The molecule has 5 rings (SSSR count). The van der Waals surface area contributed by atoms with Crippen LogP contribution in [0.5, 0.6) is 0 Å². The van der Waals surface area contributed by atoms with Crippen LogP contribution in [-0.4, -0.2) is 41.5 Å². The maximum atomic E-state index is 14.9. The summed E-state index contributed by atoms with van der Waals surface area (Å²) in [5.41, 5.74) is 0.839.